The van der Waals surface area contributed by atoms with Gasteiger partial charge in [-0.1, -0.05) is 0 Å². The minimum absolute atomic E-state index is 0.0520. The van der Waals surface area contributed by atoms with Crippen molar-refractivity contribution in [1.82, 2.24) is 24.3 Å². The van der Waals surface area contributed by atoms with E-state index in [1.54, 1.807) is 12.1 Å². The zero-order valence-electron chi connectivity index (χ0n) is 17.1. The number of rotatable bonds is 5. The Labute approximate surface area is 189 Å². The highest BCUT2D eigenvalue weighted by Gasteiger charge is 2.31. The highest BCUT2D eigenvalue weighted by atomic mass is 19.4. The molecule has 3 amide bonds. The van der Waals surface area contributed by atoms with Crippen LogP contribution in [0.15, 0.2) is 61.4 Å². The number of aromatic nitrogens is 5. The van der Waals surface area contributed by atoms with Crippen molar-refractivity contribution in [2.75, 3.05) is 16.4 Å². The summed E-state index contributed by atoms with van der Waals surface area (Å²) in [7, 11) is 0. The van der Waals surface area contributed by atoms with Gasteiger partial charge in [0.1, 0.15) is 24.8 Å². The topological polar surface area (TPSA) is 159 Å². The Bertz CT molecular complexity index is 1350. The first-order chi connectivity index (χ1) is 16.1. The second-order valence-corrected chi connectivity index (χ2v) is 6.91. The third kappa shape index (κ3) is 4.50. The van der Waals surface area contributed by atoms with E-state index in [0.717, 1.165) is 12.1 Å². The molecule has 11 nitrogen and oxygen atoms in total. The number of imidazole rings is 1. The van der Waals surface area contributed by atoms with Crippen LogP contribution in [0.25, 0.3) is 11.4 Å². The summed E-state index contributed by atoms with van der Waals surface area (Å²) in [6.45, 7) is 0. The predicted molar refractivity (Wildman–Crippen MR) is 115 cm³/mol. The van der Waals surface area contributed by atoms with E-state index in [1.807, 2.05) is 0 Å². The van der Waals surface area contributed by atoms with E-state index in [0.29, 0.717) is 11.4 Å². The highest BCUT2D eigenvalue weighted by molar-refractivity contribution is 6.01. The number of urea groups is 1. The van der Waals surface area contributed by atoms with Gasteiger partial charge in [0.15, 0.2) is 5.69 Å². The molecule has 2 heterocycles. The molecule has 6 N–H and O–H groups in total. The van der Waals surface area contributed by atoms with Gasteiger partial charge in [-0.2, -0.15) is 18.3 Å². The zero-order valence-corrected chi connectivity index (χ0v) is 17.1. The van der Waals surface area contributed by atoms with Gasteiger partial charge >= 0.3 is 12.2 Å². The predicted octanol–water partition coefficient (Wildman–Crippen LogP) is 2.80. The van der Waals surface area contributed by atoms with Crippen molar-refractivity contribution in [2.45, 2.75) is 6.18 Å². The van der Waals surface area contributed by atoms with Crippen molar-refractivity contribution in [3.8, 4) is 11.4 Å². The van der Waals surface area contributed by atoms with Gasteiger partial charge in [0.05, 0.1) is 16.9 Å². The molecule has 4 aromatic rings. The van der Waals surface area contributed by atoms with Gasteiger partial charge in [0.25, 0.3) is 5.91 Å². The first-order valence-electron chi connectivity index (χ1n) is 9.51. The van der Waals surface area contributed by atoms with E-state index in [4.69, 9.17) is 11.5 Å². The largest absolute Gasteiger partial charge is 0.416 e. The fourth-order valence-electron chi connectivity index (χ4n) is 3.09. The Hall–Kier alpha value is -4.88. The quantitative estimate of drug-likeness (QED) is 0.350. The van der Waals surface area contributed by atoms with Crippen LogP contribution in [0.4, 0.5) is 35.2 Å². The Kier molecular flexibility index (Phi) is 5.63. The first kappa shape index (κ1) is 22.3. The minimum Gasteiger partial charge on any atom is -0.383 e. The van der Waals surface area contributed by atoms with Crippen LogP contribution >= 0.6 is 0 Å². The second kappa shape index (κ2) is 8.57. The summed E-state index contributed by atoms with van der Waals surface area (Å²) in [5.74, 6) is -0.720. The molecule has 0 aliphatic carbocycles. The minimum atomic E-state index is -4.60. The summed E-state index contributed by atoms with van der Waals surface area (Å²) in [4.78, 5) is 31.4. The number of nitrogens with zero attached hydrogens (tertiary/aromatic N) is 5. The summed E-state index contributed by atoms with van der Waals surface area (Å²) in [6.07, 6.45) is -0.782. The SMILES string of the molecule is NC(=O)c1ncn(-c2ccc(NC(=O)Nc3cc(C(F)(F)F)ccc3-n3cncn3)cc2)c1N. The number of hydrogen-bond donors (Lipinski definition) is 4. The van der Waals surface area contributed by atoms with Crippen LogP contribution in [0.2, 0.25) is 0 Å². The summed E-state index contributed by atoms with van der Waals surface area (Å²) in [5, 5.41) is 8.83. The number of hydrogen-bond acceptors (Lipinski definition) is 6. The average Bonchev–Trinajstić information content (AvgIpc) is 3.44. The van der Waals surface area contributed by atoms with Gasteiger partial charge in [0, 0.05) is 11.4 Å². The molecular weight excluding hydrogens is 455 g/mol. The number of primary amides is 1. The van der Waals surface area contributed by atoms with Crippen molar-refractivity contribution in [1.29, 1.82) is 0 Å². The van der Waals surface area contributed by atoms with Crippen LogP contribution in [-0.4, -0.2) is 36.3 Å². The summed E-state index contributed by atoms with van der Waals surface area (Å²) in [5.41, 5.74) is 11.0. The summed E-state index contributed by atoms with van der Waals surface area (Å²) < 4.78 is 42.2. The van der Waals surface area contributed by atoms with Gasteiger partial charge < -0.3 is 22.1 Å². The Balaban J connectivity index is 1.53. The molecular formula is C20H16F3N9O2. The lowest BCUT2D eigenvalue weighted by atomic mass is 10.1. The maximum Gasteiger partial charge on any atom is 0.416 e. The summed E-state index contributed by atoms with van der Waals surface area (Å²) in [6, 6.07) is 8.31. The Morgan fingerprint density at radius 3 is 2.32 bits per heavy atom. The number of carbonyl (C=O) groups is 2. The number of benzene rings is 2. The van der Waals surface area contributed by atoms with E-state index in [1.165, 1.54) is 46.4 Å². The van der Waals surface area contributed by atoms with E-state index < -0.39 is 23.7 Å². The van der Waals surface area contributed by atoms with Crippen LogP contribution in [-0.2, 0) is 6.18 Å². The van der Waals surface area contributed by atoms with Gasteiger partial charge in [-0.3, -0.25) is 9.36 Å². The molecule has 0 saturated carbocycles. The van der Waals surface area contributed by atoms with Crippen LogP contribution in [0.5, 0.6) is 0 Å². The van der Waals surface area contributed by atoms with Crippen molar-refractivity contribution >= 4 is 29.1 Å². The molecule has 34 heavy (non-hydrogen) atoms. The number of carbonyl (C=O) groups excluding carboxylic acids is 2. The maximum absolute atomic E-state index is 13.2. The monoisotopic (exact) mass is 471 g/mol. The maximum atomic E-state index is 13.2. The average molecular weight is 471 g/mol. The van der Waals surface area contributed by atoms with Gasteiger partial charge in [-0.15, -0.1) is 0 Å². The van der Waals surface area contributed by atoms with E-state index in [2.05, 4.69) is 25.7 Å². The second-order valence-electron chi connectivity index (χ2n) is 6.91. The number of halogens is 3. The number of nitrogens with two attached hydrogens (primary N) is 2. The van der Waals surface area contributed by atoms with Crippen molar-refractivity contribution in [3.05, 3.63) is 72.7 Å². The molecule has 0 saturated heterocycles. The van der Waals surface area contributed by atoms with Crippen molar-refractivity contribution in [3.63, 3.8) is 0 Å². The van der Waals surface area contributed by atoms with Crippen LogP contribution in [0.1, 0.15) is 16.1 Å². The number of anilines is 3. The smallest absolute Gasteiger partial charge is 0.383 e. The molecule has 14 heteroatoms. The molecule has 174 valence electrons. The van der Waals surface area contributed by atoms with Crippen molar-refractivity contribution < 1.29 is 22.8 Å². The molecule has 0 fully saturated rings. The van der Waals surface area contributed by atoms with Crippen molar-refractivity contribution in [2.24, 2.45) is 5.73 Å². The van der Waals surface area contributed by atoms with Gasteiger partial charge in [-0.25, -0.2) is 19.4 Å². The van der Waals surface area contributed by atoms with Crippen LogP contribution in [0.3, 0.4) is 0 Å². The molecule has 0 atom stereocenters. The van der Waals surface area contributed by atoms with Gasteiger partial charge in [0.2, 0.25) is 0 Å². The molecule has 0 unspecified atom stereocenters. The number of nitrogens with one attached hydrogen (secondary N) is 2. The molecule has 0 radical (unpaired) electrons. The van der Waals surface area contributed by atoms with E-state index >= 15 is 0 Å². The number of amides is 3. The zero-order chi connectivity index (χ0) is 24.5. The normalized spacial score (nSPS) is 11.3. The Morgan fingerprint density at radius 2 is 1.74 bits per heavy atom. The molecule has 4 rings (SSSR count). The first-order valence-corrected chi connectivity index (χ1v) is 9.51. The third-order valence-corrected chi connectivity index (χ3v) is 4.68. The van der Waals surface area contributed by atoms with E-state index in [9.17, 15) is 22.8 Å². The fraction of sp³-hybridized carbons (Fsp3) is 0.0500. The van der Waals surface area contributed by atoms with Crippen LogP contribution in [0, 0.1) is 0 Å². The van der Waals surface area contributed by atoms with Crippen LogP contribution < -0.4 is 22.1 Å². The Morgan fingerprint density at radius 1 is 1.00 bits per heavy atom. The van der Waals surface area contributed by atoms with Gasteiger partial charge in [-0.05, 0) is 42.5 Å². The molecule has 0 bridgehead atoms. The molecule has 0 spiro atoms. The number of alkyl halides is 3. The fourth-order valence-corrected chi connectivity index (χ4v) is 3.09. The molecule has 0 aliphatic rings. The molecule has 2 aromatic heterocycles. The molecule has 0 aliphatic heterocycles. The lowest BCUT2D eigenvalue weighted by Gasteiger charge is -2.15. The molecule has 2 aromatic carbocycles. The van der Waals surface area contributed by atoms with E-state index in [-0.39, 0.29) is 22.9 Å². The third-order valence-electron chi connectivity index (χ3n) is 4.68. The lowest BCUT2D eigenvalue weighted by molar-refractivity contribution is -0.137. The summed E-state index contributed by atoms with van der Waals surface area (Å²) >= 11 is 0. The standard InChI is InChI=1S/C20H16F3N9O2/c21-20(22,23)11-1-6-15(32-9-26-8-28-32)14(7-11)30-19(34)29-12-2-4-13(5-3-12)31-10-27-16(17(31)24)18(25)33/h1-10H,24H2,(H2,25,33)(H2,29,30,34). The highest BCUT2D eigenvalue weighted by Crippen LogP contribution is 2.33. The number of nitrogen functional groups attached to an aromatic ring is 1. The lowest BCUT2D eigenvalue weighted by Crippen LogP contribution is -2.21.